The van der Waals surface area contributed by atoms with E-state index >= 15 is 0 Å². The van der Waals surface area contributed by atoms with Crippen LogP contribution in [-0.4, -0.2) is 47.1 Å². The lowest BCUT2D eigenvalue weighted by Gasteiger charge is -2.34. The van der Waals surface area contributed by atoms with Crippen molar-refractivity contribution in [2.45, 2.75) is 25.0 Å². The molecule has 0 spiro atoms. The smallest absolute Gasteiger partial charge is 0.183 e. The summed E-state index contributed by atoms with van der Waals surface area (Å²) in [6.45, 7) is 2.45. The van der Waals surface area contributed by atoms with E-state index in [4.69, 9.17) is 15.2 Å². The first kappa shape index (κ1) is 11.4. The van der Waals surface area contributed by atoms with Crippen LogP contribution in [0.15, 0.2) is 0 Å². The molecule has 1 aromatic rings. The third-order valence-corrected chi connectivity index (χ3v) is 2.97. The summed E-state index contributed by atoms with van der Waals surface area (Å²) in [6.07, 6.45) is 1.54. The van der Waals surface area contributed by atoms with Gasteiger partial charge in [-0.2, -0.15) is 0 Å². The van der Waals surface area contributed by atoms with Crippen molar-refractivity contribution in [3.63, 3.8) is 0 Å². The predicted octanol–water partition coefficient (Wildman–Crippen LogP) is -0.716. The first-order valence-electron chi connectivity index (χ1n) is 5.42. The van der Waals surface area contributed by atoms with E-state index in [0.717, 1.165) is 18.7 Å². The van der Waals surface area contributed by atoms with Crippen LogP contribution in [0, 0.1) is 0 Å². The van der Waals surface area contributed by atoms with E-state index in [0.29, 0.717) is 26.3 Å². The van der Waals surface area contributed by atoms with Gasteiger partial charge in [-0.3, -0.25) is 0 Å². The van der Waals surface area contributed by atoms with Gasteiger partial charge in [-0.25, -0.2) is 4.68 Å². The zero-order valence-corrected chi connectivity index (χ0v) is 9.43. The number of hydrogen-bond donors (Lipinski definition) is 1. The van der Waals surface area contributed by atoms with E-state index in [9.17, 15) is 0 Å². The summed E-state index contributed by atoms with van der Waals surface area (Å²) < 4.78 is 12.7. The van der Waals surface area contributed by atoms with Gasteiger partial charge >= 0.3 is 0 Å². The molecular weight excluding hydrogens is 210 g/mol. The van der Waals surface area contributed by atoms with Gasteiger partial charge in [0, 0.05) is 39.7 Å². The molecule has 16 heavy (non-hydrogen) atoms. The third-order valence-electron chi connectivity index (χ3n) is 2.97. The lowest BCUT2D eigenvalue weighted by atomic mass is 9.93. The Morgan fingerprint density at radius 3 is 2.88 bits per heavy atom. The van der Waals surface area contributed by atoms with E-state index in [-0.39, 0.29) is 0 Å². The summed E-state index contributed by atoms with van der Waals surface area (Å²) >= 11 is 0. The first-order chi connectivity index (χ1) is 7.82. The van der Waals surface area contributed by atoms with Crippen molar-refractivity contribution in [3.05, 3.63) is 5.82 Å². The molecule has 1 aliphatic rings. The van der Waals surface area contributed by atoms with Gasteiger partial charge in [-0.1, -0.05) is 0 Å². The van der Waals surface area contributed by atoms with Crippen LogP contribution in [0.3, 0.4) is 0 Å². The molecule has 0 aromatic carbocycles. The van der Waals surface area contributed by atoms with Crippen LogP contribution in [0.2, 0.25) is 0 Å². The maximum atomic E-state index is 5.63. The summed E-state index contributed by atoms with van der Waals surface area (Å²) in [4.78, 5) is 0. The number of methoxy groups -OCH3 is 1. The Bertz CT molecular complexity index is 334. The highest BCUT2D eigenvalue weighted by atomic mass is 16.5. The molecule has 0 amide bonds. The molecule has 0 radical (unpaired) electrons. The lowest BCUT2D eigenvalue weighted by Crippen LogP contribution is -2.38. The molecule has 2 rings (SSSR count). The standard InChI is InChI=1S/C9H17N5O2/c1-15-9(2-6-16-7-3-9)8-11-12-13-14(8)5-4-10/h2-7,10H2,1H3. The largest absolute Gasteiger partial charge is 0.381 e. The van der Waals surface area contributed by atoms with Crippen LogP contribution < -0.4 is 5.73 Å². The molecule has 2 heterocycles. The van der Waals surface area contributed by atoms with Crippen LogP contribution >= 0.6 is 0 Å². The lowest BCUT2D eigenvalue weighted by molar-refractivity contribution is -0.102. The highest BCUT2D eigenvalue weighted by Gasteiger charge is 2.39. The number of aromatic nitrogens is 4. The Labute approximate surface area is 93.9 Å². The number of hydrogen-bond acceptors (Lipinski definition) is 6. The maximum Gasteiger partial charge on any atom is 0.183 e. The van der Waals surface area contributed by atoms with Crippen LogP contribution in [0.25, 0.3) is 0 Å². The molecule has 1 aliphatic heterocycles. The number of rotatable bonds is 4. The van der Waals surface area contributed by atoms with Gasteiger partial charge < -0.3 is 15.2 Å². The molecule has 1 fully saturated rings. The van der Waals surface area contributed by atoms with Crippen LogP contribution in [0.4, 0.5) is 0 Å². The molecule has 0 atom stereocenters. The molecule has 0 saturated carbocycles. The zero-order chi connectivity index (χ0) is 11.4. The average molecular weight is 227 g/mol. The number of nitrogens with zero attached hydrogens (tertiary/aromatic N) is 4. The highest BCUT2D eigenvalue weighted by molar-refractivity contribution is 5.02. The van der Waals surface area contributed by atoms with Crippen molar-refractivity contribution < 1.29 is 9.47 Å². The topological polar surface area (TPSA) is 88.1 Å². The Kier molecular flexibility index (Phi) is 3.47. The van der Waals surface area contributed by atoms with Crippen LogP contribution in [0.5, 0.6) is 0 Å². The van der Waals surface area contributed by atoms with Crippen molar-refractivity contribution in [1.82, 2.24) is 20.2 Å². The number of tetrazole rings is 1. The average Bonchev–Trinajstić information content (AvgIpc) is 2.79. The van der Waals surface area contributed by atoms with Gasteiger partial charge in [0.15, 0.2) is 5.82 Å². The Morgan fingerprint density at radius 2 is 2.25 bits per heavy atom. The summed E-state index contributed by atoms with van der Waals surface area (Å²) in [5, 5.41) is 11.7. The Balaban J connectivity index is 2.27. The molecule has 0 unspecified atom stereocenters. The predicted molar refractivity (Wildman–Crippen MR) is 55.6 cm³/mol. The SMILES string of the molecule is COC1(c2nnnn2CCN)CCOCC1. The third kappa shape index (κ3) is 1.93. The first-order valence-corrected chi connectivity index (χ1v) is 5.42. The van der Waals surface area contributed by atoms with Gasteiger partial charge in [0.2, 0.25) is 0 Å². The molecule has 1 aromatic heterocycles. The van der Waals surface area contributed by atoms with Crippen LogP contribution in [0.1, 0.15) is 18.7 Å². The minimum Gasteiger partial charge on any atom is -0.381 e. The van der Waals surface area contributed by atoms with E-state index in [1.165, 1.54) is 0 Å². The van der Waals surface area contributed by atoms with Crippen molar-refractivity contribution in [1.29, 1.82) is 0 Å². The minimum atomic E-state index is -0.420. The van der Waals surface area contributed by atoms with E-state index in [1.807, 2.05) is 0 Å². The van der Waals surface area contributed by atoms with Crippen molar-refractivity contribution in [2.75, 3.05) is 26.9 Å². The summed E-state index contributed by atoms with van der Waals surface area (Å²) in [7, 11) is 1.69. The molecule has 90 valence electrons. The molecular formula is C9H17N5O2. The summed E-state index contributed by atoms with van der Waals surface area (Å²) in [5.74, 6) is 0.753. The van der Waals surface area contributed by atoms with E-state index in [1.54, 1.807) is 11.8 Å². The Morgan fingerprint density at radius 1 is 1.50 bits per heavy atom. The quantitative estimate of drug-likeness (QED) is 0.730. The fourth-order valence-corrected chi connectivity index (χ4v) is 2.02. The zero-order valence-electron chi connectivity index (χ0n) is 9.43. The van der Waals surface area contributed by atoms with Crippen molar-refractivity contribution in [3.8, 4) is 0 Å². The molecule has 1 saturated heterocycles. The second kappa shape index (κ2) is 4.86. The number of ether oxygens (including phenoxy) is 2. The van der Waals surface area contributed by atoms with Gasteiger partial charge in [0.05, 0.1) is 6.54 Å². The molecule has 7 heteroatoms. The normalized spacial score (nSPS) is 19.9. The molecule has 0 aliphatic carbocycles. The summed E-state index contributed by atoms with van der Waals surface area (Å²) in [6, 6.07) is 0. The van der Waals surface area contributed by atoms with Crippen molar-refractivity contribution >= 4 is 0 Å². The highest BCUT2D eigenvalue weighted by Crippen LogP contribution is 2.33. The van der Waals surface area contributed by atoms with Gasteiger partial charge in [-0.15, -0.1) is 5.10 Å². The van der Waals surface area contributed by atoms with Crippen molar-refractivity contribution in [2.24, 2.45) is 5.73 Å². The molecule has 7 nitrogen and oxygen atoms in total. The monoisotopic (exact) mass is 227 g/mol. The summed E-state index contributed by atoms with van der Waals surface area (Å²) in [5.41, 5.74) is 5.10. The number of nitrogens with two attached hydrogens (primary N) is 1. The van der Waals surface area contributed by atoms with Gasteiger partial charge in [0.1, 0.15) is 5.60 Å². The molecule has 0 bridgehead atoms. The van der Waals surface area contributed by atoms with E-state index in [2.05, 4.69) is 15.5 Å². The van der Waals surface area contributed by atoms with E-state index < -0.39 is 5.60 Å². The fourth-order valence-electron chi connectivity index (χ4n) is 2.02. The second-order valence-corrected chi connectivity index (χ2v) is 3.83. The molecule has 2 N–H and O–H groups in total. The Hall–Kier alpha value is -1.05. The van der Waals surface area contributed by atoms with Gasteiger partial charge in [0.25, 0.3) is 0 Å². The fraction of sp³-hybridized carbons (Fsp3) is 0.889. The second-order valence-electron chi connectivity index (χ2n) is 3.83. The van der Waals surface area contributed by atoms with Gasteiger partial charge in [-0.05, 0) is 10.4 Å². The van der Waals surface area contributed by atoms with Crippen LogP contribution in [-0.2, 0) is 21.6 Å². The maximum absolute atomic E-state index is 5.63. The minimum absolute atomic E-state index is 0.420.